The van der Waals surface area contributed by atoms with Crippen molar-refractivity contribution in [1.29, 1.82) is 0 Å². The van der Waals surface area contributed by atoms with Gasteiger partial charge in [0.25, 0.3) is 0 Å². The average Bonchev–Trinajstić information content (AvgIpc) is 2.87. The lowest BCUT2D eigenvalue weighted by Crippen LogP contribution is -2.27. The SMILES string of the molecule is COc1cc2ncc(-c3ccnc(Cl)n3)n2nc1C1COC1. The van der Waals surface area contributed by atoms with Crippen molar-refractivity contribution in [1.82, 2.24) is 24.6 Å². The van der Waals surface area contributed by atoms with Crippen molar-refractivity contribution in [3.63, 3.8) is 0 Å². The maximum atomic E-state index is 5.87. The van der Waals surface area contributed by atoms with Crippen LogP contribution in [0, 0.1) is 0 Å². The minimum absolute atomic E-state index is 0.188. The summed E-state index contributed by atoms with van der Waals surface area (Å²) in [5, 5.41) is 4.87. The molecule has 3 aromatic heterocycles. The molecule has 22 heavy (non-hydrogen) atoms. The number of fused-ring (bicyclic) bond motifs is 1. The van der Waals surface area contributed by atoms with Gasteiger partial charge < -0.3 is 9.47 Å². The molecule has 1 fully saturated rings. The maximum Gasteiger partial charge on any atom is 0.222 e. The smallest absolute Gasteiger partial charge is 0.222 e. The van der Waals surface area contributed by atoms with E-state index in [1.165, 1.54) is 0 Å². The first kappa shape index (κ1) is 13.4. The minimum atomic E-state index is 0.188. The van der Waals surface area contributed by atoms with Crippen molar-refractivity contribution in [2.75, 3.05) is 20.3 Å². The van der Waals surface area contributed by atoms with E-state index in [2.05, 4.69) is 20.1 Å². The molecule has 8 heteroatoms. The van der Waals surface area contributed by atoms with Crippen LogP contribution in [0.3, 0.4) is 0 Å². The number of hydrogen-bond acceptors (Lipinski definition) is 6. The molecule has 0 amide bonds. The Bertz CT molecular complexity index is 846. The zero-order valence-corrected chi connectivity index (χ0v) is 12.5. The van der Waals surface area contributed by atoms with Crippen LogP contribution in [0.5, 0.6) is 5.75 Å². The van der Waals surface area contributed by atoms with Gasteiger partial charge in [-0.1, -0.05) is 0 Å². The van der Waals surface area contributed by atoms with Crippen molar-refractivity contribution in [3.05, 3.63) is 35.5 Å². The van der Waals surface area contributed by atoms with Crippen LogP contribution in [-0.2, 0) is 4.74 Å². The summed E-state index contributed by atoms with van der Waals surface area (Å²) >= 11 is 5.87. The lowest BCUT2D eigenvalue weighted by atomic mass is 10.0. The molecule has 1 saturated heterocycles. The van der Waals surface area contributed by atoms with Gasteiger partial charge in [0.1, 0.15) is 17.1 Å². The first-order valence-corrected chi connectivity index (χ1v) is 7.13. The van der Waals surface area contributed by atoms with Crippen molar-refractivity contribution in [2.24, 2.45) is 0 Å². The first-order valence-electron chi connectivity index (χ1n) is 6.75. The van der Waals surface area contributed by atoms with E-state index in [1.54, 1.807) is 30.1 Å². The molecule has 1 aliphatic heterocycles. The van der Waals surface area contributed by atoms with E-state index in [4.69, 9.17) is 21.1 Å². The molecule has 4 heterocycles. The number of aromatic nitrogens is 5. The predicted octanol–water partition coefficient (Wildman–Crippen LogP) is 1.96. The fourth-order valence-corrected chi connectivity index (χ4v) is 2.55. The summed E-state index contributed by atoms with van der Waals surface area (Å²) < 4.78 is 12.4. The summed E-state index contributed by atoms with van der Waals surface area (Å²) in [6.07, 6.45) is 3.32. The Kier molecular flexibility index (Phi) is 3.16. The molecule has 7 nitrogen and oxygen atoms in total. The Morgan fingerprint density at radius 2 is 2.23 bits per heavy atom. The molecule has 0 N–H and O–H groups in total. The number of hydrogen-bond donors (Lipinski definition) is 0. The Morgan fingerprint density at radius 1 is 1.36 bits per heavy atom. The number of rotatable bonds is 3. The van der Waals surface area contributed by atoms with Gasteiger partial charge in [-0.2, -0.15) is 5.10 Å². The second kappa shape index (κ2) is 5.19. The molecule has 0 spiro atoms. The highest BCUT2D eigenvalue weighted by atomic mass is 35.5. The molecule has 0 aliphatic carbocycles. The van der Waals surface area contributed by atoms with Gasteiger partial charge in [0, 0.05) is 12.3 Å². The molecule has 0 atom stereocenters. The standard InChI is InChI=1S/C14H12ClN5O2/c1-21-11-4-12-17-5-10(9-2-3-16-14(15)18-9)20(12)19-13(11)8-6-22-7-8/h2-5,8H,6-7H2,1H3. The molecule has 0 radical (unpaired) electrons. The van der Waals surface area contributed by atoms with Gasteiger partial charge in [-0.3, -0.25) is 0 Å². The van der Waals surface area contributed by atoms with E-state index in [0.717, 1.165) is 17.1 Å². The van der Waals surface area contributed by atoms with Crippen molar-refractivity contribution >= 4 is 17.2 Å². The summed E-state index contributed by atoms with van der Waals surface area (Å²) in [5.74, 6) is 0.960. The summed E-state index contributed by atoms with van der Waals surface area (Å²) in [6, 6.07) is 3.64. The monoisotopic (exact) mass is 317 g/mol. The van der Waals surface area contributed by atoms with Crippen molar-refractivity contribution in [2.45, 2.75) is 5.92 Å². The number of halogens is 1. The average molecular weight is 318 g/mol. The predicted molar refractivity (Wildman–Crippen MR) is 79.1 cm³/mol. The number of imidazole rings is 1. The largest absolute Gasteiger partial charge is 0.495 e. The molecule has 112 valence electrons. The highest BCUT2D eigenvalue weighted by molar-refractivity contribution is 6.28. The van der Waals surface area contributed by atoms with E-state index in [1.807, 2.05) is 6.07 Å². The third-order valence-electron chi connectivity index (χ3n) is 3.62. The highest BCUT2D eigenvalue weighted by Crippen LogP contribution is 2.31. The molecular formula is C14H12ClN5O2. The van der Waals surface area contributed by atoms with E-state index in [9.17, 15) is 0 Å². The van der Waals surface area contributed by atoms with Crippen LogP contribution in [0.2, 0.25) is 5.28 Å². The quantitative estimate of drug-likeness (QED) is 0.687. The molecule has 4 rings (SSSR count). The van der Waals surface area contributed by atoms with Crippen LogP contribution >= 0.6 is 11.6 Å². The number of ether oxygens (including phenoxy) is 2. The lowest BCUT2D eigenvalue weighted by molar-refractivity contribution is 0.00530. The molecule has 3 aromatic rings. The van der Waals surface area contributed by atoms with Crippen molar-refractivity contribution < 1.29 is 9.47 Å². The maximum absolute atomic E-state index is 5.87. The second-order valence-electron chi connectivity index (χ2n) is 4.96. The molecule has 0 unspecified atom stereocenters. The van der Waals surface area contributed by atoms with Gasteiger partial charge >= 0.3 is 0 Å². The van der Waals surface area contributed by atoms with Crippen LogP contribution in [0.4, 0.5) is 0 Å². The van der Waals surface area contributed by atoms with Crippen LogP contribution in [-0.4, -0.2) is 44.9 Å². The summed E-state index contributed by atoms with van der Waals surface area (Å²) in [6.45, 7) is 1.30. The fourth-order valence-electron chi connectivity index (χ4n) is 2.40. The summed E-state index contributed by atoms with van der Waals surface area (Å²) in [7, 11) is 1.63. The highest BCUT2D eigenvalue weighted by Gasteiger charge is 2.27. The fraction of sp³-hybridized carbons (Fsp3) is 0.286. The van der Waals surface area contributed by atoms with E-state index >= 15 is 0 Å². The lowest BCUT2D eigenvalue weighted by Gasteiger charge is -2.26. The van der Waals surface area contributed by atoms with E-state index in [0.29, 0.717) is 24.6 Å². The topological polar surface area (TPSA) is 74.4 Å². The van der Waals surface area contributed by atoms with Gasteiger partial charge in [0.15, 0.2) is 5.65 Å². The van der Waals surface area contributed by atoms with Crippen LogP contribution in [0.1, 0.15) is 11.6 Å². The summed E-state index contributed by atoms with van der Waals surface area (Å²) in [4.78, 5) is 12.5. The van der Waals surface area contributed by atoms with Crippen LogP contribution in [0.15, 0.2) is 24.5 Å². The minimum Gasteiger partial charge on any atom is -0.495 e. The van der Waals surface area contributed by atoms with E-state index < -0.39 is 0 Å². The zero-order valence-electron chi connectivity index (χ0n) is 11.7. The Hall–Kier alpha value is -2.25. The van der Waals surface area contributed by atoms with Crippen LogP contribution < -0.4 is 4.74 Å². The Morgan fingerprint density at radius 3 is 2.91 bits per heavy atom. The Balaban J connectivity index is 1.90. The van der Waals surface area contributed by atoms with E-state index in [-0.39, 0.29) is 11.2 Å². The van der Waals surface area contributed by atoms with Gasteiger partial charge in [0.05, 0.1) is 38.1 Å². The first-order chi connectivity index (χ1) is 10.8. The van der Waals surface area contributed by atoms with Gasteiger partial charge in [-0.05, 0) is 17.7 Å². The molecule has 0 aromatic carbocycles. The van der Waals surface area contributed by atoms with Gasteiger partial charge in [-0.25, -0.2) is 19.5 Å². The number of methoxy groups -OCH3 is 1. The normalized spacial score (nSPS) is 15.0. The molecule has 1 aliphatic rings. The van der Waals surface area contributed by atoms with Crippen molar-refractivity contribution in [3.8, 4) is 17.1 Å². The Labute approximate surface area is 130 Å². The third-order valence-corrected chi connectivity index (χ3v) is 3.80. The second-order valence-corrected chi connectivity index (χ2v) is 5.29. The number of nitrogens with zero attached hydrogens (tertiary/aromatic N) is 5. The molecular weight excluding hydrogens is 306 g/mol. The van der Waals surface area contributed by atoms with Gasteiger partial charge in [-0.15, -0.1) is 0 Å². The van der Waals surface area contributed by atoms with Crippen LogP contribution in [0.25, 0.3) is 17.0 Å². The zero-order chi connectivity index (χ0) is 15.1. The third kappa shape index (κ3) is 2.10. The molecule has 0 saturated carbocycles. The van der Waals surface area contributed by atoms with Gasteiger partial charge in [0.2, 0.25) is 5.28 Å². The molecule has 0 bridgehead atoms. The summed E-state index contributed by atoms with van der Waals surface area (Å²) in [5.41, 5.74) is 2.97.